The summed E-state index contributed by atoms with van der Waals surface area (Å²) in [6.45, 7) is 5.84. The molecule has 0 aliphatic heterocycles. The summed E-state index contributed by atoms with van der Waals surface area (Å²) in [5.74, 6) is -3.18. The number of allylic oxidation sites excluding steroid dienone is 2. The van der Waals surface area contributed by atoms with Gasteiger partial charge < -0.3 is 15.2 Å². The number of thiophene rings is 1. The van der Waals surface area contributed by atoms with Crippen molar-refractivity contribution in [2.24, 2.45) is 23.7 Å². The monoisotopic (exact) mass is 377 g/mol. The van der Waals surface area contributed by atoms with E-state index in [1.165, 1.54) is 11.3 Å². The van der Waals surface area contributed by atoms with Crippen LogP contribution in [0.1, 0.15) is 41.1 Å². The first-order chi connectivity index (χ1) is 12.4. The van der Waals surface area contributed by atoms with E-state index >= 15 is 0 Å². The van der Waals surface area contributed by atoms with E-state index in [0.717, 1.165) is 10.4 Å². The van der Waals surface area contributed by atoms with Gasteiger partial charge in [0, 0.05) is 4.88 Å². The maximum absolute atomic E-state index is 12.9. The number of aliphatic carboxylic acids is 1. The van der Waals surface area contributed by atoms with Crippen molar-refractivity contribution in [3.63, 3.8) is 0 Å². The Bertz CT molecular complexity index is 781. The molecule has 0 saturated heterocycles. The van der Waals surface area contributed by atoms with Crippen molar-refractivity contribution in [1.82, 2.24) is 0 Å². The highest BCUT2D eigenvalue weighted by Crippen LogP contribution is 2.48. The van der Waals surface area contributed by atoms with Crippen LogP contribution < -0.4 is 5.32 Å². The van der Waals surface area contributed by atoms with Crippen LogP contribution in [0.4, 0.5) is 5.00 Å². The predicted octanol–water partition coefficient (Wildman–Crippen LogP) is 3.26. The topological polar surface area (TPSA) is 92.7 Å². The van der Waals surface area contributed by atoms with Gasteiger partial charge in [-0.25, -0.2) is 4.79 Å². The summed E-state index contributed by atoms with van der Waals surface area (Å²) in [5, 5.41) is 12.8. The molecule has 0 unspecified atom stereocenters. The van der Waals surface area contributed by atoms with Gasteiger partial charge in [0.2, 0.25) is 5.91 Å². The first-order valence-electron chi connectivity index (χ1n) is 8.90. The summed E-state index contributed by atoms with van der Waals surface area (Å²) in [7, 11) is 0. The second-order valence-corrected chi connectivity index (χ2v) is 7.97. The predicted molar refractivity (Wildman–Crippen MR) is 98.4 cm³/mol. The molecule has 0 aromatic carbocycles. The third-order valence-electron chi connectivity index (χ3n) is 5.33. The Kier molecular flexibility index (Phi) is 5.18. The summed E-state index contributed by atoms with van der Waals surface area (Å²) >= 11 is 1.34. The van der Waals surface area contributed by atoms with Crippen molar-refractivity contribution in [2.45, 2.75) is 33.6 Å². The highest BCUT2D eigenvalue weighted by molar-refractivity contribution is 7.16. The van der Waals surface area contributed by atoms with Crippen molar-refractivity contribution >= 4 is 34.2 Å². The molecule has 0 spiro atoms. The highest BCUT2D eigenvalue weighted by Gasteiger charge is 2.51. The quantitative estimate of drug-likeness (QED) is 0.586. The molecule has 1 fully saturated rings. The Morgan fingerprint density at radius 1 is 1.23 bits per heavy atom. The third kappa shape index (κ3) is 3.05. The number of anilines is 1. The van der Waals surface area contributed by atoms with Gasteiger partial charge in [-0.05, 0) is 44.1 Å². The lowest BCUT2D eigenvalue weighted by molar-refractivity contribution is -0.146. The van der Waals surface area contributed by atoms with E-state index in [4.69, 9.17) is 4.74 Å². The third-order valence-corrected chi connectivity index (χ3v) is 6.39. The van der Waals surface area contributed by atoms with Crippen molar-refractivity contribution in [3.8, 4) is 0 Å². The molecule has 7 heteroatoms. The molecular weight excluding hydrogens is 354 g/mol. The maximum atomic E-state index is 12.9. The second-order valence-electron chi connectivity index (χ2n) is 6.74. The molecule has 0 radical (unpaired) electrons. The number of ether oxygens (including phenoxy) is 1. The molecule has 1 saturated carbocycles. The Hall–Kier alpha value is -2.15. The zero-order valence-electron chi connectivity index (χ0n) is 15.1. The van der Waals surface area contributed by atoms with Gasteiger partial charge in [-0.3, -0.25) is 9.59 Å². The van der Waals surface area contributed by atoms with Crippen LogP contribution in [0.25, 0.3) is 0 Å². The smallest absolute Gasteiger partial charge is 0.341 e. The number of hydrogen-bond acceptors (Lipinski definition) is 5. The number of esters is 1. The van der Waals surface area contributed by atoms with Crippen LogP contribution in [0, 0.1) is 30.6 Å². The first-order valence-corrected chi connectivity index (χ1v) is 9.72. The number of hydrogen-bond donors (Lipinski definition) is 2. The maximum Gasteiger partial charge on any atom is 0.341 e. The normalized spacial score (nSPS) is 26.1. The minimum Gasteiger partial charge on any atom is -0.481 e. The van der Waals surface area contributed by atoms with Gasteiger partial charge >= 0.3 is 11.9 Å². The molecular formula is C19H23NO5S. The van der Waals surface area contributed by atoms with E-state index < -0.39 is 23.8 Å². The summed E-state index contributed by atoms with van der Waals surface area (Å²) in [4.78, 5) is 37.9. The van der Waals surface area contributed by atoms with Gasteiger partial charge in [0.15, 0.2) is 0 Å². The summed E-state index contributed by atoms with van der Waals surface area (Å²) < 4.78 is 5.15. The van der Waals surface area contributed by atoms with Crippen molar-refractivity contribution in [2.75, 3.05) is 11.9 Å². The molecule has 1 aromatic rings. The molecule has 26 heavy (non-hydrogen) atoms. The van der Waals surface area contributed by atoms with Crippen LogP contribution in [-0.2, 0) is 20.7 Å². The largest absolute Gasteiger partial charge is 0.481 e. The van der Waals surface area contributed by atoms with Crippen LogP contribution in [-0.4, -0.2) is 29.6 Å². The molecule has 3 rings (SSSR count). The number of aryl methyl sites for hydroxylation is 1. The van der Waals surface area contributed by atoms with E-state index in [2.05, 4.69) is 5.32 Å². The van der Waals surface area contributed by atoms with Crippen molar-refractivity contribution < 1.29 is 24.2 Å². The molecule has 1 amide bonds. The van der Waals surface area contributed by atoms with Gasteiger partial charge in [0.25, 0.3) is 0 Å². The van der Waals surface area contributed by atoms with E-state index in [-0.39, 0.29) is 24.3 Å². The van der Waals surface area contributed by atoms with Gasteiger partial charge in [0.1, 0.15) is 5.00 Å². The molecule has 1 heterocycles. The fraction of sp³-hybridized carbons (Fsp3) is 0.526. The molecule has 2 aliphatic carbocycles. The first kappa shape index (κ1) is 18.6. The molecule has 4 atom stereocenters. The number of carbonyl (C=O) groups is 3. The Morgan fingerprint density at radius 2 is 1.88 bits per heavy atom. The Labute approximate surface area is 156 Å². The zero-order chi connectivity index (χ0) is 19.0. The minimum absolute atomic E-state index is 0.0566. The van der Waals surface area contributed by atoms with Crippen molar-refractivity contribution in [3.05, 3.63) is 28.2 Å². The number of rotatable bonds is 6. The molecule has 2 N–H and O–H groups in total. The van der Waals surface area contributed by atoms with Crippen LogP contribution in [0.3, 0.4) is 0 Å². The summed E-state index contributed by atoms with van der Waals surface area (Å²) in [6, 6.07) is 0. The van der Waals surface area contributed by atoms with Crippen LogP contribution in [0.2, 0.25) is 0 Å². The fourth-order valence-electron chi connectivity index (χ4n) is 4.22. The number of carboxylic acid groups (broad SMARTS) is 1. The fourth-order valence-corrected chi connectivity index (χ4v) is 5.36. The number of fused-ring (bicyclic) bond motifs is 2. The lowest BCUT2D eigenvalue weighted by Crippen LogP contribution is -2.36. The Balaban J connectivity index is 1.89. The number of nitrogens with one attached hydrogen (secondary N) is 1. The second kappa shape index (κ2) is 7.23. The lowest BCUT2D eigenvalue weighted by atomic mass is 9.82. The van der Waals surface area contributed by atoms with Crippen LogP contribution >= 0.6 is 11.3 Å². The van der Waals surface area contributed by atoms with Crippen molar-refractivity contribution in [1.29, 1.82) is 0 Å². The summed E-state index contributed by atoms with van der Waals surface area (Å²) in [5.41, 5.74) is 1.27. The van der Waals surface area contributed by atoms with Gasteiger partial charge in [-0.15, -0.1) is 11.3 Å². The minimum atomic E-state index is -0.941. The molecule has 1 aromatic heterocycles. The summed E-state index contributed by atoms with van der Waals surface area (Å²) in [6.07, 6.45) is 5.20. The number of carbonyl (C=O) groups excluding carboxylic acids is 2. The molecule has 6 nitrogen and oxygen atoms in total. The number of amides is 1. The lowest BCUT2D eigenvalue weighted by Gasteiger charge is -2.23. The van der Waals surface area contributed by atoms with Crippen LogP contribution in [0.15, 0.2) is 12.2 Å². The van der Waals surface area contributed by atoms with E-state index in [9.17, 15) is 19.5 Å². The van der Waals surface area contributed by atoms with E-state index in [1.807, 2.05) is 26.0 Å². The standard InChI is InChI=1S/C19H23NO5S/c1-4-12-9(3)26-17(15(12)19(24)25-5-2)20-16(21)13-10-6-7-11(8-10)14(13)18(22)23/h6-7,10-11,13-14H,4-5,8H2,1-3H3,(H,20,21)(H,22,23)/t10-,11-,13+,14+/m0/s1. The number of carboxylic acids is 1. The SMILES string of the molecule is CCOC(=O)c1c(NC(=O)[C@H]2[C@H](C(=O)O)[C@H]3C=C[C@H]2C3)sc(C)c1CC. The van der Waals surface area contributed by atoms with Crippen LogP contribution in [0.5, 0.6) is 0 Å². The van der Waals surface area contributed by atoms with Gasteiger partial charge in [-0.2, -0.15) is 0 Å². The van der Waals surface area contributed by atoms with Gasteiger partial charge in [-0.1, -0.05) is 19.1 Å². The Morgan fingerprint density at radius 3 is 2.46 bits per heavy atom. The van der Waals surface area contributed by atoms with E-state index in [1.54, 1.807) is 6.92 Å². The zero-order valence-corrected chi connectivity index (χ0v) is 15.9. The average molecular weight is 377 g/mol. The van der Waals surface area contributed by atoms with Gasteiger partial charge in [0.05, 0.1) is 24.0 Å². The molecule has 140 valence electrons. The molecule has 2 aliphatic rings. The molecule has 2 bridgehead atoms. The average Bonchev–Trinajstić information content (AvgIpc) is 3.26. The highest BCUT2D eigenvalue weighted by atomic mass is 32.1. The van der Waals surface area contributed by atoms with E-state index in [0.29, 0.717) is 23.4 Å².